The highest BCUT2D eigenvalue weighted by molar-refractivity contribution is 14.1. The minimum Gasteiger partial charge on any atom is -0.383 e. The number of hydrogen-bond donors (Lipinski definition) is 1. The maximum absolute atomic E-state index is 11.1. The van der Waals surface area contributed by atoms with E-state index < -0.39 is 0 Å². The molecule has 46 heavy (non-hydrogen) atoms. The Morgan fingerprint density at radius 3 is 1.74 bits per heavy atom. The minimum atomic E-state index is 0.122. The molecule has 0 aliphatic carbocycles. The van der Waals surface area contributed by atoms with Crippen molar-refractivity contribution >= 4 is 107 Å². The number of fused-ring (bicyclic) bond motifs is 1. The number of carbonyl (C=O) groups is 2. The molecule has 3 aromatic carbocycles. The number of alkyl halides is 1. The SMILES string of the molecule is CC(=O)c1ccc(I)cc1.Cc1cccn2cc(-c3ccc(I)cc3)nc12.Cc1cccnc1N.O=C(CBr)c1ccc(I)cc1. The fraction of sp³-hybridized carbons (Fsp3) is 0.111. The Labute approximate surface area is 319 Å². The Morgan fingerprint density at radius 1 is 0.761 bits per heavy atom. The van der Waals surface area contributed by atoms with Gasteiger partial charge < -0.3 is 10.1 Å². The molecule has 0 atom stereocenters. The standard InChI is InChI=1S/C14H11IN2.C8H6BrIO.C8H7IO.C6H8N2/c1-10-3-2-8-17-9-13(16-14(10)17)11-4-6-12(15)7-5-11;9-5-8(11)6-1-3-7(10)4-2-6;1-6(10)7-2-4-8(9)5-3-7;1-5-3-2-4-8-6(5)7/h2-9H,1H3;1-4H,5H2;2-5H,1H3;2-4H,1H3,(H2,7,8). The topological polar surface area (TPSA) is 90.3 Å². The molecule has 6 rings (SSSR count). The summed E-state index contributed by atoms with van der Waals surface area (Å²) in [6.45, 7) is 5.59. The number of anilines is 1. The van der Waals surface area contributed by atoms with Gasteiger partial charge >= 0.3 is 0 Å². The van der Waals surface area contributed by atoms with Gasteiger partial charge in [-0.1, -0.05) is 64.5 Å². The van der Waals surface area contributed by atoms with Gasteiger partial charge in [0.1, 0.15) is 11.5 Å². The molecule has 0 saturated carbocycles. The molecule has 0 amide bonds. The van der Waals surface area contributed by atoms with Crippen LogP contribution in [0.15, 0.2) is 116 Å². The summed E-state index contributed by atoms with van der Waals surface area (Å²) in [7, 11) is 0. The van der Waals surface area contributed by atoms with Crippen LogP contribution in [0.3, 0.4) is 0 Å². The molecule has 0 saturated heterocycles. The number of nitrogens with two attached hydrogens (primary N) is 1. The van der Waals surface area contributed by atoms with Crippen LogP contribution in [0.1, 0.15) is 38.8 Å². The monoisotopic (exact) mass is 1010 g/mol. The Kier molecular flexibility index (Phi) is 15.8. The molecule has 0 spiro atoms. The van der Waals surface area contributed by atoms with Gasteiger partial charge in [-0.05, 0) is 148 Å². The van der Waals surface area contributed by atoms with E-state index in [9.17, 15) is 9.59 Å². The largest absolute Gasteiger partial charge is 0.383 e. The van der Waals surface area contributed by atoms with Crippen LogP contribution in [0.2, 0.25) is 0 Å². The summed E-state index contributed by atoms with van der Waals surface area (Å²) in [5, 5.41) is 0.396. The highest BCUT2D eigenvalue weighted by atomic mass is 127. The molecule has 3 aromatic heterocycles. The molecule has 0 fully saturated rings. The fourth-order valence-corrected chi connectivity index (χ4v) is 5.21. The number of carbonyl (C=O) groups excluding carboxylic acids is 2. The van der Waals surface area contributed by atoms with Crippen molar-refractivity contribution in [1.29, 1.82) is 0 Å². The number of aryl methyl sites for hydroxylation is 2. The van der Waals surface area contributed by atoms with Crippen molar-refractivity contribution in [2.75, 3.05) is 11.1 Å². The van der Waals surface area contributed by atoms with Gasteiger partial charge in [0, 0.05) is 46.0 Å². The van der Waals surface area contributed by atoms with E-state index in [1.165, 1.54) is 9.13 Å². The highest BCUT2D eigenvalue weighted by Crippen LogP contribution is 2.21. The van der Waals surface area contributed by atoms with Gasteiger partial charge in [0.25, 0.3) is 0 Å². The van der Waals surface area contributed by atoms with Crippen molar-refractivity contribution in [2.24, 2.45) is 0 Å². The second-order valence-corrected chi connectivity index (χ2v) is 14.2. The molecular formula is C36H32BrI3N4O2. The van der Waals surface area contributed by atoms with E-state index in [1.54, 1.807) is 13.1 Å². The predicted molar refractivity (Wildman–Crippen MR) is 218 cm³/mol. The Hall–Kier alpha value is -2.69. The molecule has 0 bridgehead atoms. The third-order valence-corrected chi connectivity index (χ3v) is 9.07. The van der Waals surface area contributed by atoms with Gasteiger partial charge in [0.15, 0.2) is 11.6 Å². The van der Waals surface area contributed by atoms with Crippen LogP contribution < -0.4 is 5.73 Å². The molecule has 0 aliphatic rings. The first kappa shape index (κ1) is 37.8. The Bertz CT molecular complexity index is 1850. The number of imidazole rings is 1. The fourth-order valence-electron chi connectivity index (χ4n) is 3.81. The van der Waals surface area contributed by atoms with E-state index in [4.69, 9.17) is 5.73 Å². The zero-order valence-electron chi connectivity index (χ0n) is 25.4. The number of rotatable bonds is 4. The quantitative estimate of drug-likeness (QED) is 0.108. The molecule has 6 nitrogen and oxygen atoms in total. The molecular weight excluding hydrogens is 981 g/mol. The smallest absolute Gasteiger partial charge is 0.173 e. The summed E-state index contributed by atoms with van der Waals surface area (Å²) in [5.74, 6) is 0.866. The minimum absolute atomic E-state index is 0.122. The van der Waals surface area contributed by atoms with Gasteiger partial charge in [-0.25, -0.2) is 9.97 Å². The molecule has 0 unspecified atom stereocenters. The summed E-state index contributed by atoms with van der Waals surface area (Å²) >= 11 is 9.85. The van der Waals surface area contributed by atoms with Crippen molar-refractivity contribution in [3.05, 3.63) is 149 Å². The van der Waals surface area contributed by atoms with Crippen LogP contribution in [0, 0.1) is 24.6 Å². The number of nitrogen functional groups attached to an aromatic ring is 1. The summed E-state index contributed by atoms with van der Waals surface area (Å²) in [6, 6.07) is 31.4. The second-order valence-electron chi connectivity index (χ2n) is 9.89. The Morgan fingerprint density at radius 2 is 1.28 bits per heavy atom. The number of halogens is 4. The van der Waals surface area contributed by atoms with Crippen molar-refractivity contribution in [3.8, 4) is 11.3 Å². The van der Waals surface area contributed by atoms with E-state index in [0.717, 1.165) is 40.7 Å². The van der Waals surface area contributed by atoms with Crippen molar-refractivity contribution in [1.82, 2.24) is 14.4 Å². The number of ketones is 2. The summed E-state index contributed by atoms with van der Waals surface area (Å²) < 4.78 is 5.62. The molecule has 0 aliphatic heterocycles. The molecule has 2 N–H and O–H groups in total. The third kappa shape index (κ3) is 12.2. The van der Waals surface area contributed by atoms with Gasteiger partial charge in [-0.2, -0.15) is 0 Å². The van der Waals surface area contributed by atoms with Crippen LogP contribution in [0.4, 0.5) is 5.82 Å². The summed E-state index contributed by atoms with van der Waals surface area (Å²) in [6.07, 6.45) is 5.79. The van der Waals surface area contributed by atoms with Crippen molar-refractivity contribution in [2.45, 2.75) is 20.8 Å². The number of pyridine rings is 2. The number of benzene rings is 3. The number of nitrogens with zero attached hydrogens (tertiary/aromatic N) is 3. The van der Waals surface area contributed by atoms with Crippen LogP contribution in [-0.2, 0) is 0 Å². The first-order valence-corrected chi connectivity index (χ1v) is 18.3. The average molecular weight is 1010 g/mol. The lowest BCUT2D eigenvalue weighted by Gasteiger charge is -1.95. The van der Waals surface area contributed by atoms with E-state index in [1.807, 2.05) is 79.9 Å². The van der Waals surface area contributed by atoms with Crippen LogP contribution in [-0.4, -0.2) is 31.3 Å². The van der Waals surface area contributed by atoms with Crippen molar-refractivity contribution < 1.29 is 9.59 Å². The van der Waals surface area contributed by atoms with Gasteiger partial charge in [-0.15, -0.1) is 0 Å². The lowest BCUT2D eigenvalue weighted by Crippen LogP contribution is -1.98. The van der Waals surface area contributed by atoms with Crippen LogP contribution >= 0.6 is 83.7 Å². The van der Waals surface area contributed by atoms with E-state index >= 15 is 0 Å². The number of aromatic nitrogens is 3. The van der Waals surface area contributed by atoms with Gasteiger partial charge in [0.2, 0.25) is 0 Å². The molecule has 0 radical (unpaired) electrons. The number of Topliss-reactive ketones (excluding diaryl/α,β-unsaturated/α-hetero) is 2. The Balaban J connectivity index is 0.000000175. The normalized spacial score (nSPS) is 9.98. The predicted octanol–water partition coefficient (Wildman–Crippen LogP) is 10.2. The van der Waals surface area contributed by atoms with Gasteiger partial charge in [-0.3, -0.25) is 9.59 Å². The highest BCUT2D eigenvalue weighted by Gasteiger charge is 2.05. The first-order chi connectivity index (χ1) is 22.0. The average Bonchev–Trinajstić information content (AvgIpc) is 3.50. The maximum atomic E-state index is 11.1. The van der Waals surface area contributed by atoms with Crippen LogP contribution in [0.25, 0.3) is 16.9 Å². The summed E-state index contributed by atoms with van der Waals surface area (Å²) in [4.78, 5) is 30.4. The molecule has 10 heteroatoms. The maximum Gasteiger partial charge on any atom is 0.173 e. The zero-order chi connectivity index (χ0) is 33.6. The zero-order valence-corrected chi connectivity index (χ0v) is 33.5. The van der Waals surface area contributed by atoms with Gasteiger partial charge in [0.05, 0.1) is 11.0 Å². The lowest BCUT2D eigenvalue weighted by molar-refractivity contribution is 0.101. The van der Waals surface area contributed by atoms with E-state index in [0.29, 0.717) is 11.1 Å². The molecule has 3 heterocycles. The summed E-state index contributed by atoms with van der Waals surface area (Å²) in [5.41, 5.74) is 12.4. The van der Waals surface area contributed by atoms with E-state index in [-0.39, 0.29) is 11.6 Å². The van der Waals surface area contributed by atoms with E-state index in [2.05, 4.69) is 142 Å². The van der Waals surface area contributed by atoms with Crippen molar-refractivity contribution in [3.63, 3.8) is 0 Å². The number of hydrogen-bond acceptors (Lipinski definition) is 5. The first-order valence-electron chi connectivity index (χ1n) is 14.0. The van der Waals surface area contributed by atoms with Crippen LogP contribution in [0.5, 0.6) is 0 Å². The lowest BCUT2D eigenvalue weighted by atomic mass is 10.2. The molecule has 6 aromatic rings. The second kappa shape index (κ2) is 19.2. The molecule has 236 valence electrons. The third-order valence-electron chi connectivity index (χ3n) is 6.41.